The Labute approximate surface area is 103 Å². The summed E-state index contributed by atoms with van der Waals surface area (Å²) in [6, 6.07) is 4.22. The molecule has 0 saturated heterocycles. The Morgan fingerprint density at radius 2 is 2.29 bits per heavy atom. The summed E-state index contributed by atoms with van der Waals surface area (Å²) in [6.45, 7) is 5.22. The minimum Gasteiger partial charge on any atom is -0.385 e. The second kappa shape index (κ2) is 5.67. The van der Waals surface area contributed by atoms with Gasteiger partial charge in [0, 0.05) is 24.1 Å². The Bertz CT molecular complexity index is 415. The highest BCUT2D eigenvalue weighted by Crippen LogP contribution is 2.13. The van der Waals surface area contributed by atoms with Crippen LogP contribution in [0.4, 0.5) is 0 Å². The van der Waals surface area contributed by atoms with Crippen molar-refractivity contribution in [2.24, 2.45) is 5.92 Å². The molecule has 0 aliphatic heterocycles. The smallest absolute Gasteiger partial charge is 0.0372 e. The van der Waals surface area contributed by atoms with E-state index in [4.69, 9.17) is 0 Å². The third-order valence-electron chi connectivity index (χ3n) is 3.03. The maximum atomic E-state index is 4.30. The van der Waals surface area contributed by atoms with E-state index >= 15 is 0 Å². The average molecular weight is 228 g/mol. The van der Waals surface area contributed by atoms with Crippen molar-refractivity contribution in [2.45, 2.75) is 26.7 Å². The van der Waals surface area contributed by atoms with Crippen molar-refractivity contribution in [1.29, 1.82) is 0 Å². The average Bonchev–Trinajstić information content (AvgIpc) is 2.34. The van der Waals surface area contributed by atoms with E-state index in [9.17, 15) is 0 Å². The molecule has 1 N–H and O–H groups in total. The number of nitrogens with one attached hydrogen (secondary N) is 1. The molecule has 1 aliphatic carbocycles. The fourth-order valence-electron chi connectivity index (χ4n) is 1.86. The van der Waals surface area contributed by atoms with E-state index in [-0.39, 0.29) is 0 Å². The molecule has 1 aromatic heterocycles. The summed E-state index contributed by atoms with van der Waals surface area (Å²) < 4.78 is 0. The van der Waals surface area contributed by atoms with Crippen LogP contribution in [-0.4, -0.2) is 11.5 Å². The molecular formula is C15H20N2. The van der Waals surface area contributed by atoms with Gasteiger partial charge in [-0.05, 0) is 43.4 Å². The molecule has 0 fully saturated rings. The molecule has 1 aromatic rings. The predicted octanol–water partition coefficient (Wildman–Crippen LogP) is 3.00. The number of pyridine rings is 1. The van der Waals surface area contributed by atoms with Gasteiger partial charge in [0.15, 0.2) is 0 Å². The number of hydrogen-bond acceptors (Lipinski definition) is 2. The summed E-state index contributed by atoms with van der Waals surface area (Å²) in [5, 5.41) is 3.45. The standard InChI is InChI=1S/C15H20N2/c1-12-3-7-15(8-4-12)16-10-9-14-6-5-13(2)17-11-14/h3,5-8,11-12,16H,4,9-10H2,1-2H3. The molecule has 1 unspecified atom stereocenters. The van der Waals surface area contributed by atoms with E-state index in [1.54, 1.807) is 0 Å². The van der Waals surface area contributed by atoms with E-state index < -0.39 is 0 Å². The molecule has 0 bridgehead atoms. The molecule has 0 aromatic carbocycles. The minimum absolute atomic E-state index is 0.682. The lowest BCUT2D eigenvalue weighted by atomic mass is 10.0. The number of aromatic nitrogens is 1. The van der Waals surface area contributed by atoms with Crippen LogP contribution in [0.1, 0.15) is 24.6 Å². The molecule has 0 spiro atoms. The first-order valence-electron chi connectivity index (χ1n) is 6.28. The van der Waals surface area contributed by atoms with E-state index in [0.29, 0.717) is 5.92 Å². The first kappa shape index (κ1) is 11.9. The highest BCUT2D eigenvalue weighted by Gasteiger charge is 2.02. The van der Waals surface area contributed by atoms with Crippen LogP contribution in [0.5, 0.6) is 0 Å². The van der Waals surface area contributed by atoms with Gasteiger partial charge < -0.3 is 5.32 Å². The second-order valence-electron chi connectivity index (χ2n) is 4.72. The van der Waals surface area contributed by atoms with Crippen molar-refractivity contribution in [2.75, 3.05) is 6.54 Å². The van der Waals surface area contributed by atoms with E-state index in [1.807, 2.05) is 13.1 Å². The van der Waals surface area contributed by atoms with E-state index in [1.165, 1.54) is 11.3 Å². The summed E-state index contributed by atoms with van der Waals surface area (Å²) in [4.78, 5) is 4.30. The van der Waals surface area contributed by atoms with Crippen molar-refractivity contribution in [3.05, 3.63) is 53.5 Å². The van der Waals surface area contributed by atoms with E-state index in [0.717, 1.165) is 25.1 Å². The lowest BCUT2D eigenvalue weighted by Crippen LogP contribution is -2.17. The largest absolute Gasteiger partial charge is 0.385 e. The van der Waals surface area contributed by atoms with Gasteiger partial charge in [0.1, 0.15) is 0 Å². The number of hydrogen-bond donors (Lipinski definition) is 1. The summed E-state index contributed by atoms with van der Waals surface area (Å²) in [7, 11) is 0. The number of nitrogens with zero attached hydrogens (tertiary/aromatic N) is 1. The molecule has 2 heteroatoms. The fraction of sp³-hybridized carbons (Fsp3) is 0.400. The summed E-state index contributed by atoms with van der Waals surface area (Å²) in [5.41, 5.74) is 3.62. The Kier molecular flexibility index (Phi) is 3.97. The zero-order chi connectivity index (χ0) is 12.1. The summed E-state index contributed by atoms with van der Waals surface area (Å²) in [6.07, 6.45) is 10.8. The maximum Gasteiger partial charge on any atom is 0.0372 e. The van der Waals surface area contributed by atoms with Crippen LogP contribution < -0.4 is 5.32 Å². The van der Waals surface area contributed by atoms with E-state index in [2.05, 4.69) is 47.6 Å². The highest BCUT2D eigenvalue weighted by molar-refractivity contribution is 5.22. The first-order valence-corrected chi connectivity index (χ1v) is 6.28. The van der Waals surface area contributed by atoms with Crippen LogP contribution in [0.3, 0.4) is 0 Å². The molecule has 2 rings (SSSR count). The quantitative estimate of drug-likeness (QED) is 0.857. The molecule has 1 heterocycles. The van der Waals surface area contributed by atoms with Gasteiger partial charge in [-0.3, -0.25) is 4.98 Å². The van der Waals surface area contributed by atoms with Crippen LogP contribution in [-0.2, 0) is 6.42 Å². The van der Waals surface area contributed by atoms with Crippen LogP contribution in [0, 0.1) is 12.8 Å². The Morgan fingerprint density at radius 3 is 2.94 bits per heavy atom. The normalized spacial score (nSPS) is 18.9. The predicted molar refractivity (Wildman–Crippen MR) is 71.7 cm³/mol. The third kappa shape index (κ3) is 3.74. The zero-order valence-corrected chi connectivity index (χ0v) is 10.6. The van der Waals surface area contributed by atoms with Gasteiger partial charge >= 0.3 is 0 Å². The number of allylic oxidation sites excluding steroid dienone is 3. The first-order chi connectivity index (χ1) is 8.24. The summed E-state index contributed by atoms with van der Waals surface area (Å²) in [5.74, 6) is 0.682. The van der Waals surface area contributed by atoms with Crippen LogP contribution in [0.15, 0.2) is 42.3 Å². The molecule has 0 saturated carbocycles. The van der Waals surface area contributed by atoms with Gasteiger partial charge in [-0.15, -0.1) is 0 Å². The van der Waals surface area contributed by atoms with Gasteiger partial charge in [0.2, 0.25) is 0 Å². The number of rotatable bonds is 4. The third-order valence-corrected chi connectivity index (χ3v) is 3.03. The Hall–Kier alpha value is -1.57. The Morgan fingerprint density at radius 1 is 1.41 bits per heavy atom. The second-order valence-corrected chi connectivity index (χ2v) is 4.72. The minimum atomic E-state index is 0.682. The van der Waals surface area contributed by atoms with Crippen molar-refractivity contribution in [1.82, 2.24) is 10.3 Å². The van der Waals surface area contributed by atoms with Crippen LogP contribution in [0.25, 0.3) is 0 Å². The molecule has 90 valence electrons. The van der Waals surface area contributed by atoms with Gasteiger partial charge in [-0.1, -0.05) is 25.1 Å². The van der Waals surface area contributed by atoms with Crippen molar-refractivity contribution >= 4 is 0 Å². The molecule has 0 radical (unpaired) electrons. The topological polar surface area (TPSA) is 24.9 Å². The van der Waals surface area contributed by atoms with Gasteiger partial charge in [-0.2, -0.15) is 0 Å². The number of aryl methyl sites for hydroxylation is 1. The molecule has 0 amide bonds. The monoisotopic (exact) mass is 228 g/mol. The molecule has 1 aliphatic rings. The summed E-state index contributed by atoms with van der Waals surface area (Å²) >= 11 is 0. The lowest BCUT2D eigenvalue weighted by molar-refractivity contribution is 0.707. The van der Waals surface area contributed by atoms with Crippen molar-refractivity contribution in [3.63, 3.8) is 0 Å². The molecule has 1 atom stereocenters. The van der Waals surface area contributed by atoms with Gasteiger partial charge in [0.25, 0.3) is 0 Å². The molecular weight excluding hydrogens is 208 g/mol. The van der Waals surface area contributed by atoms with Crippen molar-refractivity contribution < 1.29 is 0 Å². The Balaban J connectivity index is 1.76. The van der Waals surface area contributed by atoms with Gasteiger partial charge in [-0.25, -0.2) is 0 Å². The lowest BCUT2D eigenvalue weighted by Gasteiger charge is -2.13. The van der Waals surface area contributed by atoms with Crippen molar-refractivity contribution in [3.8, 4) is 0 Å². The SMILES string of the molecule is Cc1ccc(CCNC2=CCC(C)C=C2)cn1. The maximum absolute atomic E-state index is 4.30. The highest BCUT2D eigenvalue weighted by atomic mass is 14.9. The fourth-order valence-corrected chi connectivity index (χ4v) is 1.86. The van der Waals surface area contributed by atoms with Crippen LogP contribution in [0.2, 0.25) is 0 Å². The van der Waals surface area contributed by atoms with Crippen LogP contribution >= 0.6 is 0 Å². The van der Waals surface area contributed by atoms with Gasteiger partial charge in [0.05, 0.1) is 0 Å². The molecule has 17 heavy (non-hydrogen) atoms. The molecule has 2 nitrogen and oxygen atoms in total. The zero-order valence-electron chi connectivity index (χ0n) is 10.6.